The molecule has 7 heteroatoms. The number of alkyl halides is 4. The van der Waals surface area contributed by atoms with Gasteiger partial charge >= 0.3 is 6.18 Å². The molecule has 0 radical (unpaired) electrons. The van der Waals surface area contributed by atoms with Crippen molar-refractivity contribution in [2.75, 3.05) is 20.3 Å². The van der Waals surface area contributed by atoms with Crippen molar-refractivity contribution in [3.8, 4) is 5.75 Å². The summed E-state index contributed by atoms with van der Waals surface area (Å²) in [6.07, 6.45) is -4.24. The first-order valence-corrected chi connectivity index (χ1v) is 5.89. The molecule has 0 saturated carbocycles. The summed E-state index contributed by atoms with van der Waals surface area (Å²) in [5.74, 6) is -0.102. The highest BCUT2D eigenvalue weighted by molar-refractivity contribution is 6.21. The lowest BCUT2D eigenvalue weighted by atomic mass is 10.1. The molecule has 2 nitrogen and oxygen atoms in total. The Morgan fingerprint density at radius 1 is 1.32 bits per heavy atom. The zero-order valence-corrected chi connectivity index (χ0v) is 10.9. The summed E-state index contributed by atoms with van der Waals surface area (Å²) < 4.78 is 58.1. The van der Waals surface area contributed by atoms with Crippen molar-refractivity contribution in [3.05, 3.63) is 29.6 Å². The van der Waals surface area contributed by atoms with Crippen LogP contribution in [0, 0.1) is 5.82 Å². The number of methoxy groups -OCH3 is 1. The van der Waals surface area contributed by atoms with Crippen LogP contribution in [0.15, 0.2) is 18.2 Å². The first-order valence-electron chi connectivity index (χ1n) is 5.45. The van der Waals surface area contributed by atoms with Gasteiger partial charge in [0.1, 0.15) is 18.2 Å². The molecule has 0 N–H and O–H groups in total. The number of benzene rings is 1. The van der Waals surface area contributed by atoms with E-state index in [2.05, 4.69) is 4.74 Å². The predicted octanol–water partition coefficient (Wildman–Crippen LogP) is 4.08. The van der Waals surface area contributed by atoms with E-state index in [1.54, 1.807) is 0 Å². The van der Waals surface area contributed by atoms with Gasteiger partial charge in [-0.05, 0) is 24.6 Å². The minimum atomic E-state index is -4.36. The summed E-state index contributed by atoms with van der Waals surface area (Å²) in [7, 11) is 1.40. The second kappa shape index (κ2) is 6.96. The highest BCUT2D eigenvalue weighted by Crippen LogP contribution is 2.32. The molecule has 1 aromatic carbocycles. The van der Waals surface area contributed by atoms with Crippen LogP contribution in [0.25, 0.3) is 0 Å². The molecule has 0 aromatic heterocycles. The Morgan fingerprint density at radius 3 is 2.58 bits per heavy atom. The van der Waals surface area contributed by atoms with E-state index in [1.807, 2.05) is 0 Å². The average molecular weight is 301 g/mol. The molecule has 0 aliphatic heterocycles. The zero-order valence-electron chi connectivity index (χ0n) is 10.1. The number of rotatable bonds is 6. The minimum absolute atomic E-state index is 0.122. The summed E-state index contributed by atoms with van der Waals surface area (Å²) in [5.41, 5.74) is 0.389. The van der Waals surface area contributed by atoms with Crippen molar-refractivity contribution < 1.29 is 27.0 Å². The van der Waals surface area contributed by atoms with Gasteiger partial charge in [-0.15, -0.1) is 11.6 Å². The predicted molar refractivity (Wildman–Crippen MR) is 63.0 cm³/mol. The molecule has 0 bridgehead atoms. The summed E-state index contributed by atoms with van der Waals surface area (Å²) in [5, 5.41) is -0.682. The normalized spacial score (nSPS) is 13.4. The molecule has 0 amide bonds. The van der Waals surface area contributed by atoms with Gasteiger partial charge in [-0.3, -0.25) is 0 Å². The van der Waals surface area contributed by atoms with Crippen LogP contribution in [-0.2, 0) is 4.74 Å². The Bertz CT molecular complexity index is 409. The van der Waals surface area contributed by atoms with Gasteiger partial charge in [0.2, 0.25) is 0 Å². The third-order valence-electron chi connectivity index (χ3n) is 2.31. The molecule has 0 fully saturated rings. The van der Waals surface area contributed by atoms with Crippen molar-refractivity contribution in [1.29, 1.82) is 0 Å². The highest BCUT2D eigenvalue weighted by Gasteiger charge is 2.27. The molecular formula is C12H13ClF4O2. The topological polar surface area (TPSA) is 18.5 Å². The second-order valence-corrected chi connectivity index (χ2v) is 4.34. The van der Waals surface area contributed by atoms with Gasteiger partial charge < -0.3 is 9.47 Å². The molecule has 19 heavy (non-hydrogen) atoms. The molecule has 1 unspecified atom stereocenters. The number of hydrogen-bond donors (Lipinski definition) is 0. The van der Waals surface area contributed by atoms with E-state index in [0.29, 0.717) is 11.3 Å². The van der Waals surface area contributed by atoms with Gasteiger partial charge in [0.25, 0.3) is 0 Å². The van der Waals surface area contributed by atoms with E-state index < -0.39 is 24.0 Å². The molecule has 0 spiro atoms. The van der Waals surface area contributed by atoms with Gasteiger partial charge in [0.05, 0.1) is 12.5 Å². The number of hydrogen-bond acceptors (Lipinski definition) is 2. The van der Waals surface area contributed by atoms with Crippen molar-refractivity contribution in [2.24, 2.45) is 0 Å². The zero-order chi connectivity index (χ0) is 14.5. The lowest BCUT2D eigenvalue weighted by Crippen LogP contribution is -2.17. The highest BCUT2D eigenvalue weighted by atomic mass is 35.5. The van der Waals surface area contributed by atoms with Crippen LogP contribution in [0.3, 0.4) is 0 Å². The largest absolute Gasteiger partial charge is 0.496 e. The summed E-state index contributed by atoms with van der Waals surface area (Å²) in [4.78, 5) is 0. The maximum atomic E-state index is 13.1. The fraction of sp³-hybridized carbons (Fsp3) is 0.500. The number of ether oxygens (including phenoxy) is 2. The van der Waals surface area contributed by atoms with E-state index in [-0.39, 0.29) is 13.0 Å². The first-order chi connectivity index (χ1) is 8.83. The van der Waals surface area contributed by atoms with Crippen LogP contribution in [0.1, 0.15) is 17.4 Å². The van der Waals surface area contributed by atoms with Crippen molar-refractivity contribution in [2.45, 2.75) is 18.0 Å². The summed E-state index contributed by atoms with van der Waals surface area (Å²) >= 11 is 6.00. The molecule has 0 saturated heterocycles. The van der Waals surface area contributed by atoms with E-state index in [0.717, 1.165) is 0 Å². The first kappa shape index (κ1) is 16.0. The Morgan fingerprint density at radius 2 is 2.00 bits per heavy atom. The van der Waals surface area contributed by atoms with E-state index in [1.165, 1.54) is 25.3 Å². The quantitative estimate of drug-likeness (QED) is 0.448. The van der Waals surface area contributed by atoms with Gasteiger partial charge in [-0.2, -0.15) is 13.2 Å². The fourth-order valence-electron chi connectivity index (χ4n) is 1.48. The van der Waals surface area contributed by atoms with Crippen molar-refractivity contribution in [1.82, 2.24) is 0 Å². The average Bonchev–Trinajstić information content (AvgIpc) is 2.33. The minimum Gasteiger partial charge on any atom is -0.496 e. The molecular weight excluding hydrogens is 288 g/mol. The Balaban J connectivity index is 2.53. The molecule has 1 atom stereocenters. The summed E-state index contributed by atoms with van der Waals surface area (Å²) in [6.45, 7) is -1.50. The van der Waals surface area contributed by atoms with Gasteiger partial charge in [-0.1, -0.05) is 0 Å². The standard InChI is InChI=1S/C12H13ClF4O2/c1-18-11-3-2-8(14)6-9(11)10(13)4-5-19-7-12(15,16)17/h2-3,6,10H,4-5,7H2,1H3. The van der Waals surface area contributed by atoms with Crippen LogP contribution in [0.2, 0.25) is 0 Å². The maximum Gasteiger partial charge on any atom is 0.411 e. The molecule has 0 aliphatic carbocycles. The Labute approximate surface area is 113 Å². The SMILES string of the molecule is COc1ccc(F)cc1C(Cl)CCOCC(F)(F)F. The van der Waals surface area contributed by atoms with Crippen LogP contribution in [0.4, 0.5) is 17.6 Å². The van der Waals surface area contributed by atoms with Crippen LogP contribution < -0.4 is 4.74 Å². The monoisotopic (exact) mass is 300 g/mol. The van der Waals surface area contributed by atoms with Crippen molar-refractivity contribution >= 4 is 11.6 Å². The van der Waals surface area contributed by atoms with E-state index in [4.69, 9.17) is 16.3 Å². The lowest BCUT2D eigenvalue weighted by Gasteiger charge is -2.14. The summed E-state index contributed by atoms with van der Waals surface area (Å²) in [6, 6.07) is 3.82. The second-order valence-electron chi connectivity index (χ2n) is 3.81. The van der Waals surface area contributed by atoms with Crippen LogP contribution >= 0.6 is 11.6 Å². The van der Waals surface area contributed by atoms with Gasteiger partial charge in [-0.25, -0.2) is 4.39 Å². The molecule has 1 rings (SSSR count). The number of halogens is 5. The van der Waals surface area contributed by atoms with Gasteiger partial charge in [0.15, 0.2) is 0 Å². The lowest BCUT2D eigenvalue weighted by molar-refractivity contribution is -0.174. The van der Waals surface area contributed by atoms with Crippen LogP contribution in [0.5, 0.6) is 5.75 Å². The van der Waals surface area contributed by atoms with Crippen LogP contribution in [-0.4, -0.2) is 26.5 Å². The van der Waals surface area contributed by atoms with E-state index >= 15 is 0 Å². The van der Waals surface area contributed by atoms with E-state index in [9.17, 15) is 17.6 Å². The molecule has 0 heterocycles. The third-order valence-corrected chi connectivity index (χ3v) is 2.76. The Kier molecular flexibility index (Phi) is 5.87. The molecule has 108 valence electrons. The maximum absolute atomic E-state index is 13.1. The third kappa shape index (κ3) is 5.65. The van der Waals surface area contributed by atoms with Crippen molar-refractivity contribution in [3.63, 3.8) is 0 Å². The van der Waals surface area contributed by atoms with Gasteiger partial charge in [0, 0.05) is 12.2 Å². The Hall–Kier alpha value is -1.01. The smallest absolute Gasteiger partial charge is 0.411 e. The molecule has 0 aliphatic rings. The molecule has 1 aromatic rings. The fourth-order valence-corrected chi connectivity index (χ4v) is 1.74.